The molecule has 0 aliphatic carbocycles. The maximum Gasteiger partial charge on any atom is 0.233 e. The summed E-state index contributed by atoms with van der Waals surface area (Å²) < 4.78 is 0. The monoisotopic (exact) mass is 240 g/mol. The second-order valence-electron chi connectivity index (χ2n) is 3.87. The number of amides is 1. The number of hydrogen-bond acceptors (Lipinski definition) is 3. The van der Waals surface area contributed by atoms with Gasteiger partial charge >= 0.3 is 0 Å². The third-order valence-corrected chi connectivity index (χ3v) is 4.10. The molecule has 1 aliphatic heterocycles. The highest BCUT2D eigenvalue weighted by molar-refractivity contribution is 8.00. The number of thioether (sulfide) groups is 1. The predicted molar refractivity (Wildman–Crippen MR) is 69.4 cm³/mol. The van der Waals surface area contributed by atoms with Crippen molar-refractivity contribution in [2.24, 2.45) is 0 Å². The maximum absolute atomic E-state index is 11.8. The highest BCUT2D eigenvalue weighted by Crippen LogP contribution is 2.20. The average molecular weight is 240 g/mol. The lowest BCUT2D eigenvalue weighted by atomic mass is 10.2. The van der Waals surface area contributed by atoms with Crippen LogP contribution in [-0.4, -0.2) is 48.0 Å². The zero-order valence-corrected chi connectivity index (χ0v) is 10.7. The molecule has 0 aromatic carbocycles. The van der Waals surface area contributed by atoms with Crippen LogP contribution in [0.3, 0.4) is 0 Å². The van der Waals surface area contributed by atoms with E-state index in [9.17, 15) is 4.79 Å². The largest absolute Gasteiger partial charge is 0.331 e. The van der Waals surface area contributed by atoms with E-state index in [-0.39, 0.29) is 5.91 Å². The van der Waals surface area contributed by atoms with E-state index in [1.165, 1.54) is 12.8 Å². The molecule has 1 heterocycles. The van der Waals surface area contributed by atoms with Crippen LogP contribution in [0.1, 0.15) is 19.8 Å². The molecular formula is C12H20N2OS. The van der Waals surface area contributed by atoms with E-state index in [2.05, 4.69) is 11.2 Å². The number of rotatable bonds is 5. The molecule has 0 bridgehead atoms. The van der Waals surface area contributed by atoms with Gasteiger partial charge in [-0.25, -0.2) is 0 Å². The number of piperidine rings is 1. The molecule has 1 saturated heterocycles. The average Bonchev–Trinajstić information content (AvgIpc) is 2.34. The zero-order valence-electron chi connectivity index (χ0n) is 9.87. The minimum atomic E-state index is 0.170. The lowest BCUT2D eigenvalue weighted by molar-refractivity contribution is -0.127. The lowest BCUT2D eigenvalue weighted by Crippen LogP contribution is -2.34. The first-order chi connectivity index (χ1) is 7.77. The van der Waals surface area contributed by atoms with Crippen molar-refractivity contribution in [2.45, 2.75) is 25.0 Å². The summed E-state index contributed by atoms with van der Waals surface area (Å²) in [7, 11) is 0. The Kier molecular flexibility index (Phi) is 6.36. The number of carbonyl (C=O) groups is 1. The summed E-state index contributed by atoms with van der Waals surface area (Å²) in [5, 5.41) is 3.96. The fraction of sp³-hybridized carbons (Fsp3) is 0.750. The Morgan fingerprint density at radius 2 is 2.25 bits per heavy atom. The van der Waals surface area contributed by atoms with Crippen molar-refractivity contribution < 1.29 is 4.79 Å². The Hall–Kier alpha value is -0.660. The third kappa shape index (κ3) is 4.46. The van der Waals surface area contributed by atoms with Crippen LogP contribution in [0, 0.1) is 12.3 Å². The van der Waals surface area contributed by atoms with E-state index >= 15 is 0 Å². The molecule has 1 rings (SSSR count). The summed E-state index contributed by atoms with van der Waals surface area (Å²) in [5.74, 6) is 3.26. The van der Waals surface area contributed by atoms with E-state index < -0.39 is 0 Å². The summed E-state index contributed by atoms with van der Waals surface area (Å²) in [6, 6.07) is 0. The molecule has 1 fully saturated rings. The van der Waals surface area contributed by atoms with Gasteiger partial charge in [-0.2, -0.15) is 0 Å². The Morgan fingerprint density at radius 1 is 1.56 bits per heavy atom. The van der Waals surface area contributed by atoms with Gasteiger partial charge in [-0.3, -0.25) is 4.79 Å². The summed E-state index contributed by atoms with van der Waals surface area (Å²) >= 11 is 1.78. The van der Waals surface area contributed by atoms with Gasteiger partial charge in [0.05, 0.1) is 12.3 Å². The highest BCUT2D eigenvalue weighted by atomic mass is 32.2. The van der Waals surface area contributed by atoms with Gasteiger partial charge in [0.1, 0.15) is 0 Å². The molecule has 0 aromatic rings. The molecule has 0 atom stereocenters. The van der Waals surface area contributed by atoms with Crippen molar-refractivity contribution in [3.8, 4) is 12.3 Å². The summed E-state index contributed by atoms with van der Waals surface area (Å²) in [6.07, 6.45) is 7.55. The van der Waals surface area contributed by atoms with E-state index in [1.807, 2.05) is 6.92 Å². The van der Waals surface area contributed by atoms with Crippen LogP contribution in [0.15, 0.2) is 0 Å². The van der Waals surface area contributed by atoms with Crippen molar-refractivity contribution in [1.29, 1.82) is 0 Å². The van der Waals surface area contributed by atoms with Gasteiger partial charge in [0.15, 0.2) is 0 Å². The quantitative estimate of drug-likeness (QED) is 0.726. The highest BCUT2D eigenvalue weighted by Gasteiger charge is 2.17. The standard InChI is InChI=1S/C12H20N2OS/c1-3-9-14(4-2)12(15)10-16-11-5-7-13-8-6-11/h1,11,13H,4-10H2,2H3. The van der Waals surface area contributed by atoms with Gasteiger partial charge in [0.25, 0.3) is 0 Å². The molecule has 3 nitrogen and oxygen atoms in total. The summed E-state index contributed by atoms with van der Waals surface area (Å²) in [5.41, 5.74) is 0. The van der Waals surface area contributed by atoms with E-state index in [0.717, 1.165) is 13.1 Å². The number of carbonyl (C=O) groups excluding carboxylic acids is 1. The minimum Gasteiger partial charge on any atom is -0.331 e. The van der Waals surface area contributed by atoms with Gasteiger partial charge in [-0.1, -0.05) is 5.92 Å². The fourth-order valence-corrected chi connectivity index (χ4v) is 2.86. The van der Waals surface area contributed by atoms with Gasteiger partial charge in [-0.05, 0) is 32.9 Å². The first-order valence-corrected chi connectivity index (χ1v) is 6.86. The topological polar surface area (TPSA) is 32.3 Å². The molecule has 0 spiro atoms. The third-order valence-electron chi connectivity index (χ3n) is 2.75. The molecule has 0 saturated carbocycles. The Bertz CT molecular complexity index is 256. The van der Waals surface area contributed by atoms with E-state index in [1.54, 1.807) is 16.7 Å². The van der Waals surface area contributed by atoms with Crippen LogP contribution >= 0.6 is 11.8 Å². The van der Waals surface area contributed by atoms with Crippen LogP contribution in [0.5, 0.6) is 0 Å². The Balaban J connectivity index is 2.24. The fourth-order valence-electron chi connectivity index (χ4n) is 1.73. The normalized spacial score (nSPS) is 16.8. The van der Waals surface area contributed by atoms with Crippen molar-refractivity contribution in [3.05, 3.63) is 0 Å². The zero-order chi connectivity index (χ0) is 11.8. The molecule has 16 heavy (non-hydrogen) atoms. The van der Waals surface area contributed by atoms with Crippen molar-refractivity contribution >= 4 is 17.7 Å². The van der Waals surface area contributed by atoms with Crippen LogP contribution < -0.4 is 5.32 Å². The Labute approximate surface area is 102 Å². The number of nitrogens with one attached hydrogen (secondary N) is 1. The molecule has 1 amide bonds. The van der Waals surface area contributed by atoms with Crippen LogP contribution in [0.2, 0.25) is 0 Å². The first kappa shape index (κ1) is 13.4. The lowest BCUT2D eigenvalue weighted by Gasteiger charge is -2.23. The summed E-state index contributed by atoms with van der Waals surface area (Å²) in [6.45, 7) is 5.25. The second-order valence-corrected chi connectivity index (χ2v) is 5.16. The van der Waals surface area contributed by atoms with Crippen molar-refractivity contribution in [1.82, 2.24) is 10.2 Å². The van der Waals surface area contributed by atoms with Crippen molar-refractivity contribution in [2.75, 3.05) is 31.9 Å². The molecule has 0 radical (unpaired) electrons. The number of terminal acetylenes is 1. The second kappa shape index (κ2) is 7.59. The molecule has 0 unspecified atom stereocenters. The number of nitrogens with zero attached hydrogens (tertiary/aromatic N) is 1. The molecule has 0 aromatic heterocycles. The summed E-state index contributed by atoms with van der Waals surface area (Å²) in [4.78, 5) is 13.5. The SMILES string of the molecule is C#CCN(CC)C(=O)CSC1CCNCC1. The molecule has 4 heteroatoms. The molecular weight excluding hydrogens is 220 g/mol. The smallest absolute Gasteiger partial charge is 0.233 e. The molecule has 1 aliphatic rings. The maximum atomic E-state index is 11.8. The van der Waals surface area contributed by atoms with Crippen LogP contribution in [0.4, 0.5) is 0 Å². The minimum absolute atomic E-state index is 0.170. The van der Waals surface area contributed by atoms with Gasteiger partial charge in [0, 0.05) is 11.8 Å². The number of hydrogen-bond donors (Lipinski definition) is 1. The van der Waals surface area contributed by atoms with Crippen LogP contribution in [-0.2, 0) is 4.79 Å². The van der Waals surface area contributed by atoms with Gasteiger partial charge in [0.2, 0.25) is 5.91 Å². The van der Waals surface area contributed by atoms with Crippen LogP contribution in [0.25, 0.3) is 0 Å². The predicted octanol–water partition coefficient (Wildman–Crippen LogP) is 0.953. The first-order valence-electron chi connectivity index (χ1n) is 5.81. The van der Waals surface area contributed by atoms with Crippen molar-refractivity contribution in [3.63, 3.8) is 0 Å². The molecule has 90 valence electrons. The van der Waals surface area contributed by atoms with E-state index in [0.29, 0.717) is 24.1 Å². The van der Waals surface area contributed by atoms with Gasteiger partial charge < -0.3 is 10.2 Å². The Morgan fingerprint density at radius 3 is 2.81 bits per heavy atom. The molecule has 1 N–H and O–H groups in total. The van der Waals surface area contributed by atoms with E-state index in [4.69, 9.17) is 6.42 Å². The van der Waals surface area contributed by atoms with Gasteiger partial charge in [-0.15, -0.1) is 18.2 Å².